The van der Waals surface area contributed by atoms with Crippen LogP contribution in [0.5, 0.6) is 5.75 Å². The van der Waals surface area contributed by atoms with Crippen LogP contribution in [0.25, 0.3) is 0 Å². The third-order valence-corrected chi connectivity index (χ3v) is 3.97. The summed E-state index contributed by atoms with van der Waals surface area (Å²) in [7, 11) is 0. The Morgan fingerprint density at radius 2 is 1.31 bits per heavy atom. The van der Waals surface area contributed by atoms with Crippen LogP contribution < -0.4 is 15.4 Å². The maximum absolute atomic E-state index is 12.6. The normalized spacial score (nSPS) is 11.2. The second-order valence-corrected chi connectivity index (χ2v) is 7.17. The van der Waals surface area contributed by atoms with Crippen LogP contribution in [0.3, 0.4) is 0 Å². The summed E-state index contributed by atoms with van der Waals surface area (Å²) in [6.45, 7) is 7.03. The Morgan fingerprint density at radius 3 is 1.73 bits per heavy atom. The number of hydrogen-bond acceptors (Lipinski definition) is 3. The summed E-state index contributed by atoms with van der Waals surface area (Å²) in [5.74, 6) is -0.0867. The number of hydrogen-bond donors (Lipinski definition) is 2. The van der Waals surface area contributed by atoms with Crippen molar-refractivity contribution in [1.29, 1.82) is 0 Å². The lowest BCUT2D eigenvalue weighted by Crippen LogP contribution is -2.41. The molecule has 0 aromatic heterocycles. The number of ether oxygens (including phenoxy) is 1. The van der Waals surface area contributed by atoms with E-state index in [0.29, 0.717) is 16.4 Å². The molecule has 26 heavy (non-hydrogen) atoms. The molecule has 0 saturated heterocycles. The molecule has 2 aromatic rings. The highest BCUT2D eigenvalue weighted by Gasteiger charge is 2.36. The Kier molecular flexibility index (Phi) is 6.27. The fourth-order valence-corrected chi connectivity index (χ4v) is 2.23. The number of nitrogens with one attached hydrogen (secondary N) is 2. The van der Waals surface area contributed by atoms with Gasteiger partial charge in [0.2, 0.25) is 11.8 Å². The van der Waals surface area contributed by atoms with Crippen LogP contribution in [0.4, 0.5) is 11.4 Å². The van der Waals surface area contributed by atoms with Gasteiger partial charge in [0.15, 0.2) is 0 Å². The molecule has 2 N–H and O–H groups in total. The minimum absolute atomic E-state index is 0.0749. The van der Waals surface area contributed by atoms with Gasteiger partial charge in [-0.05, 0) is 76.2 Å². The van der Waals surface area contributed by atoms with Gasteiger partial charge in [-0.1, -0.05) is 11.6 Å². The summed E-state index contributed by atoms with van der Waals surface area (Å²) in [5.41, 5.74) is -0.0823. The number of carbonyl (C=O) groups excluding carboxylic acids is 2. The van der Waals surface area contributed by atoms with Gasteiger partial charge < -0.3 is 15.4 Å². The van der Waals surface area contributed by atoms with Crippen LogP contribution in [0, 0.1) is 5.41 Å². The highest BCUT2D eigenvalue weighted by atomic mass is 35.5. The molecule has 0 aliphatic heterocycles. The third kappa shape index (κ3) is 5.23. The Bertz CT molecular complexity index is 769. The molecule has 2 aromatic carbocycles. The lowest BCUT2D eigenvalue weighted by atomic mass is 9.90. The van der Waals surface area contributed by atoms with E-state index in [1.807, 2.05) is 13.8 Å². The topological polar surface area (TPSA) is 67.4 Å². The number of amides is 2. The van der Waals surface area contributed by atoms with Crippen LogP contribution in [-0.2, 0) is 9.59 Å². The third-order valence-electron chi connectivity index (χ3n) is 3.72. The summed E-state index contributed by atoms with van der Waals surface area (Å²) in [4.78, 5) is 25.1. The van der Waals surface area contributed by atoms with Crippen LogP contribution in [0.2, 0.25) is 5.02 Å². The standard InChI is InChI=1S/C20H23ClN2O3/c1-13(2)26-17-11-9-16(10-12-17)23-19(25)20(3,4)18(24)22-15-7-5-14(21)6-8-15/h5-13H,1-4H3,(H,22,24)(H,23,25). The minimum Gasteiger partial charge on any atom is -0.491 e. The monoisotopic (exact) mass is 374 g/mol. The zero-order chi connectivity index (χ0) is 19.3. The van der Waals surface area contributed by atoms with E-state index >= 15 is 0 Å². The van der Waals surface area contributed by atoms with Gasteiger partial charge in [-0.15, -0.1) is 0 Å². The van der Waals surface area contributed by atoms with E-state index in [9.17, 15) is 9.59 Å². The summed E-state index contributed by atoms with van der Waals surface area (Å²) < 4.78 is 5.57. The van der Waals surface area contributed by atoms with Gasteiger partial charge in [0, 0.05) is 16.4 Å². The first kappa shape index (κ1) is 19.8. The summed E-state index contributed by atoms with van der Waals surface area (Å²) in [6.07, 6.45) is 0.0749. The number of benzene rings is 2. The predicted octanol–water partition coefficient (Wildman–Crippen LogP) is 4.73. The molecule has 0 bridgehead atoms. The number of rotatable bonds is 6. The van der Waals surface area contributed by atoms with Gasteiger partial charge in [0.05, 0.1) is 6.10 Å². The van der Waals surface area contributed by atoms with Crippen molar-refractivity contribution < 1.29 is 14.3 Å². The highest BCUT2D eigenvalue weighted by molar-refractivity contribution is 6.30. The number of anilines is 2. The molecule has 2 amide bonds. The molecule has 0 spiro atoms. The molecule has 0 unspecified atom stereocenters. The van der Waals surface area contributed by atoms with Crippen LogP contribution in [0.1, 0.15) is 27.7 Å². The SMILES string of the molecule is CC(C)Oc1ccc(NC(=O)C(C)(C)C(=O)Nc2ccc(Cl)cc2)cc1. The Hall–Kier alpha value is -2.53. The Balaban J connectivity index is 2.01. The molecule has 0 aliphatic carbocycles. The molecule has 0 radical (unpaired) electrons. The van der Waals surface area contributed by atoms with Crippen molar-refractivity contribution in [2.24, 2.45) is 5.41 Å². The van der Waals surface area contributed by atoms with Gasteiger partial charge in [0.25, 0.3) is 0 Å². The lowest BCUT2D eigenvalue weighted by Gasteiger charge is -2.23. The summed E-state index contributed by atoms with van der Waals surface area (Å²) >= 11 is 5.83. The maximum atomic E-state index is 12.6. The average Bonchev–Trinajstić information content (AvgIpc) is 2.58. The van der Waals surface area contributed by atoms with Crippen LogP contribution in [-0.4, -0.2) is 17.9 Å². The van der Waals surface area contributed by atoms with Crippen molar-refractivity contribution in [3.05, 3.63) is 53.6 Å². The van der Waals surface area contributed by atoms with E-state index in [1.54, 1.807) is 62.4 Å². The molecular formula is C20H23ClN2O3. The Labute approximate surface area is 158 Å². The van der Waals surface area contributed by atoms with Crippen molar-refractivity contribution >= 4 is 34.8 Å². The minimum atomic E-state index is -1.26. The molecule has 0 fully saturated rings. The fraction of sp³-hybridized carbons (Fsp3) is 0.300. The number of halogens is 1. The van der Waals surface area contributed by atoms with Crippen molar-refractivity contribution in [3.8, 4) is 5.75 Å². The molecule has 6 heteroatoms. The average molecular weight is 375 g/mol. The van der Waals surface area contributed by atoms with E-state index in [1.165, 1.54) is 0 Å². The molecule has 2 rings (SSSR count). The predicted molar refractivity (Wildman–Crippen MR) is 105 cm³/mol. The largest absolute Gasteiger partial charge is 0.491 e. The zero-order valence-electron chi connectivity index (χ0n) is 15.3. The second kappa shape index (κ2) is 8.23. The van der Waals surface area contributed by atoms with E-state index < -0.39 is 17.2 Å². The first-order valence-electron chi connectivity index (χ1n) is 8.33. The number of carbonyl (C=O) groups is 2. The molecule has 5 nitrogen and oxygen atoms in total. The summed E-state index contributed by atoms with van der Waals surface area (Å²) in [6, 6.07) is 13.7. The van der Waals surface area contributed by atoms with Gasteiger partial charge in [0.1, 0.15) is 11.2 Å². The maximum Gasteiger partial charge on any atom is 0.239 e. The molecule has 0 atom stereocenters. The molecule has 138 valence electrons. The molecule has 0 heterocycles. The van der Waals surface area contributed by atoms with Crippen molar-refractivity contribution in [2.45, 2.75) is 33.8 Å². The summed E-state index contributed by atoms with van der Waals surface area (Å²) in [5, 5.41) is 6.06. The van der Waals surface area contributed by atoms with Crippen molar-refractivity contribution in [3.63, 3.8) is 0 Å². The lowest BCUT2D eigenvalue weighted by molar-refractivity contribution is -0.135. The Morgan fingerprint density at radius 1 is 0.885 bits per heavy atom. The van der Waals surface area contributed by atoms with E-state index in [0.717, 1.165) is 5.75 Å². The molecule has 0 saturated carbocycles. The first-order chi connectivity index (χ1) is 12.2. The van der Waals surface area contributed by atoms with Crippen molar-refractivity contribution in [2.75, 3.05) is 10.6 Å². The highest BCUT2D eigenvalue weighted by Crippen LogP contribution is 2.23. The fourth-order valence-electron chi connectivity index (χ4n) is 2.10. The molecular weight excluding hydrogens is 352 g/mol. The van der Waals surface area contributed by atoms with Crippen LogP contribution in [0.15, 0.2) is 48.5 Å². The van der Waals surface area contributed by atoms with Gasteiger partial charge in [-0.3, -0.25) is 9.59 Å². The van der Waals surface area contributed by atoms with Gasteiger partial charge in [-0.25, -0.2) is 0 Å². The van der Waals surface area contributed by atoms with E-state index in [2.05, 4.69) is 10.6 Å². The quantitative estimate of drug-likeness (QED) is 0.718. The second-order valence-electron chi connectivity index (χ2n) is 6.73. The first-order valence-corrected chi connectivity index (χ1v) is 8.71. The van der Waals surface area contributed by atoms with Crippen molar-refractivity contribution in [1.82, 2.24) is 0 Å². The van der Waals surface area contributed by atoms with Gasteiger partial charge >= 0.3 is 0 Å². The molecule has 0 aliphatic rings. The smallest absolute Gasteiger partial charge is 0.239 e. The van der Waals surface area contributed by atoms with Gasteiger partial charge in [-0.2, -0.15) is 0 Å². The van der Waals surface area contributed by atoms with E-state index in [4.69, 9.17) is 16.3 Å². The van der Waals surface area contributed by atoms with E-state index in [-0.39, 0.29) is 6.10 Å². The zero-order valence-corrected chi connectivity index (χ0v) is 16.1. The van der Waals surface area contributed by atoms with Crippen LogP contribution >= 0.6 is 11.6 Å².